The minimum absolute atomic E-state index is 0.168. The van der Waals surface area contributed by atoms with E-state index >= 15 is 0 Å². The highest BCUT2D eigenvalue weighted by molar-refractivity contribution is 5.69. The topological polar surface area (TPSA) is 55.8 Å². The first-order valence-corrected chi connectivity index (χ1v) is 22.9. The largest absolute Gasteiger partial charge is 0.457 e. The molecule has 0 amide bonds. The van der Waals surface area contributed by atoms with Gasteiger partial charge in [-0.2, -0.15) is 0 Å². The summed E-state index contributed by atoms with van der Waals surface area (Å²) in [5.74, 6) is -0.197. The maximum Gasteiger partial charge on any atom is 0.306 e. The van der Waals surface area contributed by atoms with Gasteiger partial charge in [-0.15, -0.1) is 0 Å². The smallest absolute Gasteiger partial charge is 0.306 e. The third kappa shape index (κ3) is 43.2. The van der Waals surface area contributed by atoms with Crippen LogP contribution in [0.15, 0.2) is 24.3 Å². The molecule has 0 aromatic carbocycles. The molecule has 0 fully saturated rings. The molecule has 0 heterocycles. The number of allylic oxidation sites excluding steroid dienone is 4. The predicted octanol–water partition coefficient (Wildman–Crippen LogP) is 15.1. The molecule has 0 saturated carbocycles. The van der Waals surface area contributed by atoms with Gasteiger partial charge in [-0.25, -0.2) is 0 Å². The van der Waals surface area contributed by atoms with Gasteiger partial charge in [0.25, 0.3) is 0 Å². The van der Waals surface area contributed by atoms with Crippen molar-refractivity contribution in [3.63, 3.8) is 0 Å². The zero-order chi connectivity index (χ0) is 37.0. The molecular weight excluding hydrogens is 629 g/mol. The fourth-order valence-corrected chi connectivity index (χ4v) is 6.83. The second-order valence-electron chi connectivity index (χ2n) is 15.5. The fraction of sp³-hybridized carbons (Fsp3) is 0.894. The summed E-state index contributed by atoms with van der Waals surface area (Å²) >= 11 is 0. The molecule has 1 N–H and O–H groups in total. The third-order valence-corrected chi connectivity index (χ3v) is 10.3. The lowest BCUT2D eigenvalue weighted by Crippen LogP contribution is -2.27. The van der Waals surface area contributed by atoms with E-state index in [-0.39, 0.29) is 12.6 Å². The quantitative estimate of drug-likeness (QED) is 0.0387. The number of esters is 1. The zero-order valence-electron chi connectivity index (χ0n) is 34.6. The minimum Gasteiger partial charge on any atom is -0.457 e. The van der Waals surface area contributed by atoms with Gasteiger partial charge in [0.15, 0.2) is 0 Å². The predicted molar refractivity (Wildman–Crippen MR) is 224 cm³/mol. The number of carbonyl (C=O) groups excluding carboxylic acids is 1. The van der Waals surface area contributed by atoms with Gasteiger partial charge in [-0.1, -0.05) is 218 Å². The summed E-state index contributed by atoms with van der Waals surface area (Å²) in [5.41, 5.74) is 0. The Morgan fingerprint density at radius 2 is 0.824 bits per heavy atom. The van der Waals surface area contributed by atoms with Crippen LogP contribution in [0, 0.1) is 0 Å². The fourth-order valence-electron chi connectivity index (χ4n) is 6.83. The SMILES string of the molecule is CCCCCCC/C=C\C/C=C\CCCCCCCCCCCCOCC(CO)OC(=O)CCCCCCCCCCCCCCCCCCC. The van der Waals surface area contributed by atoms with Gasteiger partial charge in [0.2, 0.25) is 0 Å². The van der Waals surface area contributed by atoms with Crippen LogP contribution >= 0.6 is 0 Å². The van der Waals surface area contributed by atoms with E-state index in [1.807, 2.05) is 0 Å². The van der Waals surface area contributed by atoms with Gasteiger partial charge in [0, 0.05) is 13.0 Å². The standard InChI is InChI=1S/C47H90O4/c1-3-5-7-9-11-13-15-17-19-21-22-23-24-25-27-29-31-33-35-37-39-41-43-50-45-46(44-48)51-47(49)42-40-38-36-34-32-30-28-26-20-18-16-14-12-10-8-6-4-2/h15,17,21-22,46,48H,3-14,16,18-20,23-45H2,1-2H3/b17-15-,22-21-. The second kappa shape index (κ2) is 45.0. The number of carbonyl (C=O) groups is 1. The van der Waals surface area contributed by atoms with E-state index < -0.39 is 6.10 Å². The molecule has 4 nitrogen and oxygen atoms in total. The second-order valence-corrected chi connectivity index (χ2v) is 15.5. The van der Waals surface area contributed by atoms with E-state index in [9.17, 15) is 9.90 Å². The van der Waals surface area contributed by atoms with Crippen LogP contribution in [0.3, 0.4) is 0 Å². The number of hydrogen-bond acceptors (Lipinski definition) is 4. The molecule has 0 aromatic rings. The number of hydrogen-bond donors (Lipinski definition) is 1. The van der Waals surface area contributed by atoms with E-state index in [0.717, 1.165) is 25.7 Å². The number of aliphatic hydroxyl groups is 1. The van der Waals surface area contributed by atoms with Crippen LogP contribution in [0.25, 0.3) is 0 Å². The normalized spacial score (nSPS) is 12.5. The number of ether oxygens (including phenoxy) is 2. The molecule has 0 saturated heterocycles. The summed E-state index contributed by atoms with van der Waals surface area (Å²) in [6, 6.07) is 0. The molecule has 0 aliphatic carbocycles. The van der Waals surface area contributed by atoms with Crippen molar-refractivity contribution >= 4 is 5.97 Å². The Balaban J connectivity index is 3.39. The van der Waals surface area contributed by atoms with Gasteiger partial charge < -0.3 is 14.6 Å². The van der Waals surface area contributed by atoms with E-state index in [4.69, 9.17) is 9.47 Å². The van der Waals surface area contributed by atoms with Crippen LogP contribution in [-0.4, -0.2) is 37.0 Å². The first kappa shape index (κ1) is 49.9. The van der Waals surface area contributed by atoms with Gasteiger partial charge in [-0.3, -0.25) is 4.79 Å². The lowest BCUT2D eigenvalue weighted by molar-refractivity contribution is -0.154. The molecule has 1 unspecified atom stereocenters. The Labute approximate surface area is 319 Å². The molecule has 0 aliphatic heterocycles. The molecule has 4 heteroatoms. The molecule has 0 aliphatic rings. The number of unbranched alkanes of at least 4 members (excludes halogenated alkanes) is 31. The van der Waals surface area contributed by atoms with Gasteiger partial charge in [-0.05, 0) is 44.9 Å². The molecular formula is C47H90O4. The van der Waals surface area contributed by atoms with Crippen LogP contribution in [0.1, 0.15) is 245 Å². The monoisotopic (exact) mass is 719 g/mol. The molecule has 0 spiro atoms. The van der Waals surface area contributed by atoms with Crippen molar-refractivity contribution in [2.75, 3.05) is 19.8 Å². The van der Waals surface area contributed by atoms with Gasteiger partial charge in [0.1, 0.15) is 6.10 Å². The van der Waals surface area contributed by atoms with Gasteiger partial charge in [0.05, 0.1) is 13.2 Å². The Hall–Kier alpha value is -1.13. The highest BCUT2D eigenvalue weighted by Crippen LogP contribution is 2.15. The Kier molecular flexibility index (Phi) is 44.0. The van der Waals surface area contributed by atoms with Crippen LogP contribution in [0.2, 0.25) is 0 Å². The molecule has 302 valence electrons. The van der Waals surface area contributed by atoms with E-state index in [1.165, 1.54) is 199 Å². The summed E-state index contributed by atoms with van der Waals surface area (Å²) < 4.78 is 11.2. The van der Waals surface area contributed by atoms with Crippen molar-refractivity contribution in [2.24, 2.45) is 0 Å². The summed E-state index contributed by atoms with van der Waals surface area (Å²) in [6.07, 6.45) is 55.3. The highest BCUT2D eigenvalue weighted by Gasteiger charge is 2.13. The van der Waals surface area contributed by atoms with Crippen LogP contribution in [-0.2, 0) is 14.3 Å². The van der Waals surface area contributed by atoms with Crippen LogP contribution in [0.5, 0.6) is 0 Å². The maximum atomic E-state index is 12.2. The average Bonchev–Trinajstić information content (AvgIpc) is 3.14. The molecule has 1 atom stereocenters. The molecule has 0 radical (unpaired) electrons. The summed E-state index contributed by atoms with van der Waals surface area (Å²) in [5, 5.41) is 9.62. The Morgan fingerprint density at radius 1 is 0.471 bits per heavy atom. The summed E-state index contributed by atoms with van der Waals surface area (Å²) in [4.78, 5) is 12.2. The summed E-state index contributed by atoms with van der Waals surface area (Å²) in [6.45, 7) is 5.37. The lowest BCUT2D eigenvalue weighted by atomic mass is 10.0. The first-order valence-electron chi connectivity index (χ1n) is 22.9. The summed E-state index contributed by atoms with van der Waals surface area (Å²) in [7, 11) is 0. The lowest BCUT2D eigenvalue weighted by Gasteiger charge is -2.16. The average molecular weight is 719 g/mol. The van der Waals surface area contributed by atoms with Crippen molar-refractivity contribution in [1.82, 2.24) is 0 Å². The Bertz CT molecular complexity index is 717. The number of rotatable bonds is 43. The molecule has 0 aromatic heterocycles. The van der Waals surface area contributed by atoms with Crippen LogP contribution < -0.4 is 0 Å². The van der Waals surface area contributed by atoms with Crippen molar-refractivity contribution in [3.8, 4) is 0 Å². The third-order valence-electron chi connectivity index (χ3n) is 10.3. The molecule has 0 rings (SSSR count). The maximum absolute atomic E-state index is 12.2. The van der Waals surface area contributed by atoms with E-state index in [1.54, 1.807) is 0 Å². The molecule has 51 heavy (non-hydrogen) atoms. The van der Waals surface area contributed by atoms with E-state index in [2.05, 4.69) is 38.2 Å². The number of aliphatic hydroxyl groups excluding tert-OH is 1. The zero-order valence-corrected chi connectivity index (χ0v) is 34.6. The van der Waals surface area contributed by atoms with Crippen molar-refractivity contribution in [1.29, 1.82) is 0 Å². The van der Waals surface area contributed by atoms with Gasteiger partial charge >= 0.3 is 5.97 Å². The molecule has 0 bridgehead atoms. The van der Waals surface area contributed by atoms with Crippen molar-refractivity contribution in [2.45, 2.75) is 251 Å². The minimum atomic E-state index is -0.531. The van der Waals surface area contributed by atoms with Crippen LogP contribution in [0.4, 0.5) is 0 Å². The van der Waals surface area contributed by atoms with E-state index in [0.29, 0.717) is 19.6 Å². The first-order chi connectivity index (χ1) is 25.2. The van der Waals surface area contributed by atoms with Crippen molar-refractivity contribution in [3.05, 3.63) is 24.3 Å². The van der Waals surface area contributed by atoms with Crippen molar-refractivity contribution < 1.29 is 19.4 Å². The Morgan fingerprint density at radius 3 is 1.22 bits per heavy atom. The highest BCUT2D eigenvalue weighted by atomic mass is 16.6.